The summed E-state index contributed by atoms with van der Waals surface area (Å²) in [7, 11) is 1.67. The first-order valence-corrected chi connectivity index (χ1v) is 7.54. The molecule has 1 amide bonds. The fourth-order valence-corrected chi connectivity index (χ4v) is 2.50. The number of carbonyl (C=O) groups excluding carboxylic acids is 1. The Labute approximate surface area is 139 Å². The third-order valence-corrected chi connectivity index (χ3v) is 4.05. The van der Waals surface area contributed by atoms with Crippen LogP contribution in [-0.4, -0.2) is 32.6 Å². The summed E-state index contributed by atoms with van der Waals surface area (Å²) >= 11 is 0. The lowest BCUT2D eigenvalue weighted by molar-refractivity contribution is 0.0740. The molecule has 1 aromatic heterocycles. The van der Waals surface area contributed by atoms with Gasteiger partial charge in [-0.25, -0.2) is 14.1 Å². The molecular formula is C18H17FN4O. The molecule has 0 aliphatic carbocycles. The van der Waals surface area contributed by atoms with Gasteiger partial charge in [-0.15, -0.1) is 0 Å². The first-order valence-electron chi connectivity index (χ1n) is 7.54. The number of carbonyl (C=O) groups is 1. The van der Waals surface area contributed by atoms with Gasteiger partial charge in [0.2, 0.25) is 0 Å². The van der Waals surface area contributed by atoms with Gasteiger partial charge in [0.25, 0.3) is 5.91 Å². The normalized spacial score (nSPS) is 12.0. The molecule has 0 aliphatic rings. The first-order chi connectivity index (χ1) is 11.6. The summed E-state index contributed by atoms with van der Waals surface area (Å²) in [6, 6.07) is 13.2. The molecule has 24 heavy (non-hydrogen) atoms. The highest BCUT2D eigenvalue weighted by Gasteiger charge is 2.21. The molecular weight excluding hydrogens is 307 g/mol. The Kier molecular flexibility index (Phi) is 4.37. The molecule has 6 heteroatoms. The zero-order valence-corrected chi connectivity index (χ0v) is 13.4. The quantitative estimate of drug-likeness (QED) is 0.740. The summed E-state index contributed by atoms with van der Waals surface area (Å²) in [5.41, 5.74) is 1.84. The van der Waals surface area contributed by atoms with Crippen LogP contribution in [0.2, 0.25) is 0 Å². The van der Waals surface area contributed by atoms with Gasteiger partial charge in [-0.05, 0) is 37.3 Å². The van der Waals surface area contributed by atoms with Crippen LogP contribution in [0.15, 0.2) is 61.2 Å². The molecule has 3 rings (SSSR count). The van der Waals surface area contributed by atoms with Crippen LogP contribution < -0.4 is 0 Å². The topological polar surface area (TPSA) is 51.0 Å². The largest absolute Gasteiger partial charge is 0.335 e. The van der Waals surface area contributed by atoms with E-state index < -0.39 is 0 Å². The molecule has 0 saturated carbocycles. The summed E-state index contributed by atoms with van der Waals surface area (Å²) in [5.74, 6) is -0.484. The molecule has 1 atom stereocenters. The van der Waals surface area contributed by atoms with Crippen molar-refractivity contribution in [1.29, 1.82) is 0 Å². The minimum atomic E-state index is -0.367. The number of aromatic nitrogens is 3. The lowest BCUT2D eigenvalue weighted by Crippen LogP contribution is -2.30. The highest BCUT2D eigenvalue weighted by atomic mass is 19.1. The van der Waals surface area contributed by atoms with E-state index >= 15 is 0 Å². The molecule has 0 bridgehead atoms. The van der Waals surface area contributed by atoms with E-state index in [1.54, 1.807) is 67.4 Å². The minimum absolute atomic E-state index is 0.170. The van der Waals surface area contributed by atoms with Gasteiger partial charge >= 0.3 is 0 Å². The van der Waals surface area contributed by atoms with E-state index in [0.29, 0.717) is 11.1 Å². The van der Waals surface area contributed by atoms with Crippen molar-refractivity contribution >= 4 is 5.91 Å². The van der Waals surface area contributed by atoms with Gasteiger partial charge in [0.05, 0.1) is 11.7 Å². The number of hydrogen-bond acceptors (Lipinski definition) is 3. The SMILES string of the molecule is CC(c1ccccc1F)N(C)C(=O)c1ccc(-n2cncn2)cc1. The fourth-order valence-electron chi connectivity index (χ4n) is 2.50. The van der Waals surface area contributed by atoms with E-state index in [9.17, 15) is 9.18 Å². The van der Waals surface area contributed by atoms with E-state index in [2.05, 4.69) is 10.1 Å². The van der Waals surface area contributed by atoms with Gasteiger partial charge < -0.3 is 4.90 Å². The molecule has 0 N–H and O–H groups in total. The number of hydrogen-bond donors (Lipinski definition) is 0. The molecule has 0 fully saturated rings. The van der Waals surface area contributed by atoms with E-state index in [4.69, 9.17) is 0 Å². The summed E-state index contributed by atoms with van der Waals surface area (Å²) in [5, 5.41) is 4.04. The van der Waals surface area contributed by atoms with E-state index in [0.717, 1.165) is 5.69 Å². The summed E-state index contributed by atoms with van der Waals surface area (Å²) in [6.07, 6.45) is 3.03. The molecule has 0 spiro atoms. The van der Waals surface area contributed by atoms with E-state index in [1.807, 2.05) is 0 Å². The molecule has 1 heterocycles. The van der Waals surface area contributed by atoms with Crippen LogP contribution >= 0.6 is 0 Å². The second kappa shape index (κ2) is 6.62. The van der Waals surface area contributed by atoms with Crippen LogP contribution in [0, 0.1) is 5.82 Å². The fraction of sp³-hybridized carbons (Fsp3) is 0.167. The number of benzene rings is 2. The van der Waals surface area contributed by atoms with E-state index in [1.165, 1.54) is 17.3 Å². The number of amides is 1. The predicted octanol–water partition coefficient (Wildman–Crippen LogP) is 3.24. The van der Waals surface area contributed by atoms with Gasteiger partial charge in [-0.3, -0.25) is 4.79 Å². The van der Waals surface area contributed by atoms with Crippen molar-refractivity contribution in [2.24, 2.45) is 0 Å². The highest BCUT2D eigenvalue weighted by molar-refractivity contribution is 5.94. The summed E-state index contributed by atoms with van der Waals surface area (Å²) < 4.78 is 15.5. The minimum Gasteiger partial charge on any atom is -0.335 e. The average Bonchev–Trinajstić information content (AvgIpc) is 3.15. The van der Waals surface area contributed by atoms with Gasteiger partial charge in [0.1, 0.15) is 18.5 Å². The molecule has 0 radical (unpaired) electrons. The Bertz CT molecular complexity index is 830. The Morgan fingerprint density at radius 3 is 2.50 bits per heavy atom. The maximum absolute atomic E-state index is 13.9. The molecule has 0 saturated heterocycles. The van der Waals surface area contributed by atoms with Crippen molar-refractivity contribution in [2.45, 2.75) is 13.0 Å². The van der Waals surface area contributed by atoms with Crippen molar-refractivity contribution in [3.63, 3.8) is 0 Å². The van der Waals surface area contributed by atoms with Crippen LogP contribution in [0.25, 0.3) is 5.69 Å². The molecule has 2 aromatic carbocycles. The lowest BCUT2D eigenvalue weighted by atomic mass is 10.1. The Morgan fingerprint density at radius 2 is 1.88 bits per heavy atom. The Balaban J connectivity index is 1.79. The van der Waals surface area contributed by atoms with Crippen molar-refractivity contribution < 1.29 is 9.18 Å². The maximum atomic E-state index is 13.9. The second-order valence-electron chi connectivity index (χ2n) is 5.50. The van der Waals surface area contributed by atoms with Crippen LogP contribution in [0.3, 0.4) is 0 Å². The van der Waals surface area contributed by atoms with Crippen LogP contribution in [0.4, 0.5) is 4.39 Å². The lowest BCUT2D eigenvalue weighted by Gasteiger charge is -2.25. The smallest absolute Gasteiger partial charge is 0.254 e. The van der Waals surface area contributed by atoms with Gasteiger partial charge in [0, 0.05) is 18.2 Å². The molecule has 3 aromatic rings. The van der Waals surface area contributed by atoms with Crippen LogP contribution in [0.5, 0.6) is 0 Å². The predicted molar refractivity (Wildman–Crippen MR) is 88.3 cm³/mol. The third-order valence-electron chi connectivity index (χ3n) is 4.05. The number of halogens is 1. The monoisotopic (exact) mass is 324 g/mol. The van der Waals surface area contributed by atoms with Crippen molar-refractivity contribution in [3.05, 3.63) is 78.1 Å². The Morgan fingerprint density at radius 1 is 1.17 bits per heavy atom. The maximum Gasteiger partial charge on any atom is 0.254 e. The van der Waals surface area contributed by atoms with Crippen molar-refractivity contribution in [1.82, 2.24) is 19.7 Å². The Hall–Kier alpha value is -3.02. The van der Waals surface area contributed by atoms with Gasteiger partial charge in [-0.1, -0.05) is 18.2 Å². The van der Waals surface area contributed by atoms with Crippen LogP contribution in [-0.2, 0) is 0 Å². The summed E-state index contributed by atoms with van der Waals surface area (Å²) in [6.45, 7) is 1.81. The number of rotatable bonds is 4. The zero-order valence-electron chi connectivity index (χ0n) is 13.4. The second-order valence-corrected chi connectivity index (χ2v) is 5.50. The highest BCUT2D eigenvalue weighted by Crippen LogP contribution is 2.23. The zero-order chi connectivity index (χ0) is 17.1. The number of nitrogens with zero attached hydrogens (tertiary/aromatic N) is 4. The average molecular weight is 324 g/mol. The first kappa shape index (κ1) is 15.9. The standard InChI is InChI=1S/C18H17FN4O/c1-13(16-5-3-4-6-17(16)19)22(2)18(24)14-7-9-15(10-8-14)23-12-20-11-21-23/h3-13H,1-2H3. The van der Waals surface area contributed by atoms with Gasteiger partial charge in [0.15, 0.2) is 0 Å². The van der Waals surface area contributed by atoms with Crippen molar-refractivity contribution in [3.8, 4) is 5.69 Å². The molecule has 122 valence electrons. The molecule has 1 unspecified atom stereocenters. The van der Waals surface area contributed by atoms with Crippen molar-refractivity contribution in [2.75, 3.05) is 7.05 Å². The van der Waals surface area contributed by atoms with Crippen LogP contribution in [0.1, 0.15) is 28.9 Å². The molecule has 0 aliphatic heterocycles. The molecule has 5 nitrogen and oxygen atoms in total. The third kappa shape index (κ3) is 3.03. The summed E-state index contributed by atoms with van der Waals surface area (Å²) in [4.78, 5) is 18.1. The van der Waals surface area contributed by atoms with E-state index in [-0.39, 0.29) is 17.8 Å². The van der Waals surface area contributed by atoms with Gasteiger partial charge in [-0.2, -0.15) is 5.10 Å².